The van der Waals surface area contributed by atoms with E-state index in [4.69, 9.17) is 20.5 Å². The molecular weight excluding hydrogens is 232 g/mol. The topological polar surface area (TPSA) is 94.0 Å². The van der Waals surface area contributed by atoms with Gasteiger partial charge in [-0.25, -0.2) is 9.97 Å². The number of hydrogen-bond donors (Lipinski definition) is 1. The van der Waals surface area contributed by atoms with Crippen LogP contribution in [0.5, 0.6) is 17.4 Å². The molecule has 0 bridgehead atoms. The van der Waals surface area contributed by atoms with Crippen molar-refractivity contribution in [2.75, 3.05) is 12.8 Å². The van der Waals surface area contributed by atoms with Crippen LogP contribution in [-0.2, 0) is 0 Å². The predicted molar refractivity (Wildman–Crippen MR) is 64.2 cm³/mol. The van der Waals surface area contributed by atoms with Crippen LogP contribution in [0.15, 0.2) is 30.6 Å². The molecule has 0 radical (unpaired) electrons. The van der Waals surface area contributed by atoms with Crippen molar-refractivity contribution in [1.29, 1.82) is 5.26 Å². The molecule has 1 heterocycles. The Hall–Kier alpha value is -2.81. The average Bonchev–Trinajstić information content (AvgIpc) is 2.42. The first kappa shape index (κ1) is 11.7. The number of anilines is 1. The molecule has 0 aliphatic heterocycles. The van der Waals surface area contributed by atoms with Crippen molar-refractivity contribution in [2.24, 2.45) is 0 Å². The molecule has 2 rings (SSSR count). The van der Waals surface area contributed by atoms with E-state index in [0.717, 1.165) is 0 Å². The first-order valence-corrected chi connectivity index (χ1v) is 5.06. The monoisotopic (exact) mass is 242 g/mol. The van der Waals surface area contributed by atoms with Crippen LogP contribution in [-0.4, -0.2) is 17.1 Å². The molecule has 0 spiro atoms. The van der Waals surface area contributed by atoms with Crippen molar-refractivity contribution in [2.45, 2.75) is 0 Å². The molecule has 0 saturated carbocycles. The Balaban J connectivity index is 2.20. The van der Waals surface area contributed by atoms with Gasteiger partial charge in [0.2, 0.25) is 5.88 Å². The van der Waals surface area contributed by atoms with Gasteiger partial charge in [0.1, 0.15) is 11.8 Å². The highest BCUT2D eigenvalue weighted by Gasteiger charge is 2.05. The lowest BCUT2D eigenvalue weighted by Crippen LogP contribution is -1.95. The van der Waals surface area contributed by atoms with Crippen molar-refractivity contribution < 1.29 is 9.47 Å². The zero-order chi connectivity index (χ0) is 13.0. The van der Waals surface area contributed by atoms with Crippen LogP contribution in [0.3, 0.4) is 0 Å². The SMILES string of the molecule is COc1ccc(Oc2cnc(C#N)cn2)c(N)c1. The van der Waals surface area contributed by atoms with E-state index in [1.54, 1.807) is 25.3 Å². The molecule has 2 aromatic rings. The lowest BCUT2D eigenvalue weighted by atomic mass is 10.3. The number of ether oxygens (including phenoxy) is 2. The lowest BCUT2D eigenvalue weighted by molar-refractivity contribution is 0.412. The molecule has 0 unspecified atom stereocenters. The molecule has 0 atom stereocenters. The third-order valence-electron chi connectivity index (χ3n) is 2.17. The summed E-state index contributed by atoms with van der Waals surface area (Å²) >= 11 is 0. The van der Waals surface area contributed by atoms with Gasteiger partial charge in [0.15, 0.2) is 11.4 Å². The number of nitrogen functional groups attached to an aromatic ring is 1. The smallest absolute Gasteiger partial charge is 0.238 e. The van der Waals surface area contributed by atoms with Gasteiger partial charge >= 0.3 is 0 Å². The summed E-state index contributed by atoms with van der Waals surface area (Å²) in [6.45, 7) is 0. The Labute approximate surface area is 104 Å². The zero-order valence-corrected chi connectivity index (χ0v) is 9.62. The first-order valence-electron chi connectivity index (χ1n) is 5.06. The summed E-state index contributed by atoms with van der Waals surface area (Å²) in [6.07, 6.45) is 2.69. The van der Waals surface area contributed by atoms with Crippen LogP contribution in [0.4, 0.5) is 5.69 Å². The maximum atomic E-state index is 8.59. The van der Waals surface area contributed by atoms with E-state index < -0.39 is 0 Å². The number of hydrogen-bond acceptors (Lipinski definition) is 6. The van der Waals surface area contributed by atoms with Crippen molar-refractivity contribution in [1.82, 2.24) is 9.97 Å². The molecule has 0 saturated heterocycles. The minimum atomic E-state index is 0.227. The summed E-state index contributed by atoms with van der Waals surface area (Å²) in [5.41, 5.74) is 6.45. The fourth-order valence-electron chi connectivity index (χ4n) is 1.29. The summed E-state index contributed by atoms with van der Waals surface area (Å²) < 4.78 is 10.5. The molecule has 1 aromatic heterocycles. The molecule has 0 aliphatic rings. The van der Waals surface area contributed by atoms with E-state index in [1.165, 1.54) is 12.4 Å². The van der Waals surface area contributed by atoms with Gasteiger partial charge < -0.3 is 15.2 Å². The number of rotatable bonds is 3. The van der Waals surface area contributed by atoms with Crippen LogP contribution in [0.2, 0.25) is 0 Å². The standard InChI is InChI=1S/C12H10N4O2/c1-17-9-2-3-11(10(14)4-9)18-12-7-15-8(5-13)6-16-12/h2-4,6-7H,14H2,1H3. The van der Waals surface area contributed by atoms with Crippen molar-refractivity contribution in [3.8, 4) is 23.4 Å². The third kappa shape index (κ3) is 2.47. The zero-order valence-electron chi connectivity index (χ0n) is 9.62. The van der Waals surface area contributed by atoms with Gasteiger partial charge in [-0.05, 0) is 12.1 Å². The average molecular weight is 242 g/mol. The van der Waals surface area contributed by atoms with Crippen LogP contribution >= 0.6 is 0 Å². The molecule has 1 aromatic carbocycles. The molecule has 0 amide bonds. The number of aromatic nitrogens is 2. The Morgan fingerprint density at radius 1 is 1.28 bits per heavy atom. The number of methoxy groups -OCH3 is 1. The number of nitriles is 1. The van der Waals surface area contributed by atoms with Crippen LogP contribution < -0.4 is 15.2 Å². The number of nitrogens with two attached hydrogens (primary N) is 1. The second-order valence-corrected chi connectivity index (χ2v) is 3.36. The normalized spacial score (nSPS) is 9.56. The van der Waals surface area contributed by atoms with E-state index >= 15 is 0 Å². The van der Waals surface area contributed by atoms with Gasteiger partial charge in [0.25, 0.3) is 0 Å². The number of nitrogens with zero attached hydrogens (tertiary/aromatic N) is 3. The van der Waals surface area contributed by atoms with E-state index in [9.17, 15) is 0 Å². The van der Waals surface area contributed by atoms with Crippen molar-refractivity contribution in [3.63, 3.8) is 0 Å². The largest absolute Gasteiger partial charge is 0.497 e. The first-order chi connectivity index (χ1) is 8.72. The third-order valence-corrected chi connectivity index (χ3v) is 2.17. The summed E-state index contributed by atoms with van der Waals surface area (Å²) in [6, 6.07) is 6.92. The highest BCUT2D eigenvalue weighted by molar-refractivity contribution is 5.57. The predicted octanol–water partition coefficient (Wildman–Crippen LogP) is 1.73. The molecule has 6 heteroatoms. The molecule has 0 aliphatic carbocycles. The summed E-state index contributed by atoms with van der Waals surface area (Å²) in [5, 5.41) is 8.59. The second kappa shape index (κ2) is 5.01. The maximum Gasteiger partial charge on any atom is 0.238 e. The van der Waals surface area contributed by atoms with Gasteiger partial charge in [-0.3, -0.25) is 0 Å². The highest BCUT2D eigenvalue weighted by Crippen LogP contribution is 2.29. The van der Waals surface area contributed by atoms with E-state index in [2.05, 4.69) is 9.97 Å². The Morgan fingerprint density at radius 3 is 2.67 bits per heavy atom. The van der Waals surface area contributed by atoms with Crippen LogP contribution in [0.1, 0.15) is 5.69 Å². The Bertz CT molecular complexity index is 590. The molecule has 18 heavy (non-hydrogen) atoms. The molecule has 90 valence electrons. The van der Waals surface area contributed by atoms with Crippen LogP contribution in [0, 0.1) is 11.3 Å². The van der Waals surface area contributed by atoms with Crippen LogP contribution in [0.25, 0.3) is 0 Å². The van der Waals surface area contributed by atoms with Gasteiger partial charge in [-0.1, -0.05) is 0 Å². The summed E-state index contributed by atoms with van der Waals surface area (Å²) in [5.74, 6) is 1.37. The summed E-state index contributed by atoms with van der Waals surface area (Å²) in [4.78, 5) is 7.78. The minimum Gasteiger partial charge on any atom is -0.497 e. The fraction of sp³-hybridized carbons (Fsp3) is 0.0833. The minimum absolute atomic E-state index is 0.227. The van der Waals surface area contributed by atoms with Crippen molar-refractivity contribution in [3.05, 3.63) is 36.3 Å². The van der Waals surface area contributed by atoms with Gasteiger partial charge in [0.05, 0.1) is 25.2 Å². The molecular formula is C12H10N4O2. The summed E-state index contributed by atoms with van der Waals surface area (Å²) in [7, 11) is 1.56. The Kier molecular flexibility index (Phi) is 3.25. The fourth-order valence-corrected chi connectivity index (χ4v) is 1.29. The molecule has 0 fully saturated rings. The van der Waals surface area contributed by atoms with E-state index in [1.807, 2.05) is 6.07 Å². The quantitative estimate of drug-likeness (QED) is 0.823. The molecule has 2 N–H and O–H groups in total. The van der Waals surface area contributed by atoms with Gasteiger partial charge in [0, 0.05) is 6.07 Å². The second-order valence-electron chi connectivity index (χ2n) is 3.36. The molecule has 6 nitrogen and oxygen atoms in total. The Morgan fingerprint density at radius 2 is 2.11 bits per heavy atom. The lowest BCUT2D eigenvalue weighted by Gasteiger charge is -2.08. The van der Waals surface area contributed by atoms with Crippen molar-refractivity contribution >= 4 is 5.69 Å². The highest BCUT2D eigenvalue weighted by atomic mass is 16.5. The maximum absolute atomic E-state index is 8.59. The van der Waals surface area contributed by atoms with E-state index in [0.29, 0.717) is 17.2 Å². The van der Waals surface area contributed by atoms with Gasteiger partial charge in [-0.2, -0.15) is 5.26 Å². The van der Waals surface area contributed by atoms with Gasteiger partial charge in [-0.15, -0.1) is 0 Å². The number of benzene rings is 1. The van der Waals surface area contributed by atoms with E-state index in [-0.39, 0.29) is 11.6 Å².